The minimum atomic E-state index is 0.294. The summed E-state index contributed by atoms with van der Waals surface area (Å²) in [6.45, 7) is 0.294. The molecular weight excluding hydrogens is 248 g/mol. The molecule has 0 aliphatic heterocycles. The molecular formula is C13H16N2O4. The van der Waals surface area contributed by atoms with Crippen LogP contribution in [-0.4, -0.2) is 26.5 Å². The Kier molecular flexibility index (Phi) is 3.91. The second-order valence-electron chi connectivity index (χ2n) is 3.79. The van der Waals surface area contributed by atoms with Crippen LogP contribution in [0.15, 0.2) is 22.7 Å². The molecule has 0 aliphatic carbocycles. The molecule has 0 aliphatic rings. The summed E-state index contributed by atoms with van der Waals surface area (Å²) in [6, 6.07) is 5.30. The third kappa shape index (κ3) is 2.48. The average Bonchev–Trinajstić information content (AvgIpc) is 2.94. The molecule has 0 saturated heterocycles. The largest absolute Gasteiger partial charge is 0.496 e. The predicted octanol–water partition coefficient (Wildman–Crippen LogP) is 1.83. The number of methoxy groups -OCH3 is 3. The van der Waals surface area contributed by atoms with Gasteiger partial charge in [0.25, 0.3) is 0 Å². The Labute approximate surface area is 111 Å². The smallest absolute Gasteiger partial charge is 0.164 e. The molecule has 0 spiro atoms. The summed E-state index contributed by atoms with van der Waals surface area (Å²) in [5.74, 6) is 2.41. The SMILES string of the molecule is COc1cc(OC)c(-c2cc(CN)on2)cc1OC. The van der Waals surface area contributed by atoms with E-state index in [1.807, 2.05) is 0 Å². The van der Waals surface area contributed by atoms with Gasteiger partial charge in [-0.25, -0.2) is 0 Å². The van der Waals surface area contributed by atoms with Gasteiger partial charge in [0.05, 0.1) is 27.9 Å². The van der Waals surface area contributed by atoms with E-state index in [4.69, 9.17) is 24.5 Å². The molecule has 102 valence electrons. The Morgan fingerprint density at radius 2 is 1.63 bits per heavy atom. The number of aromatic nitrogens is 1. The lowest BCUT2D eigenvalue weighted by Gasteiger charge is -2.12. The van der Waals surface area contributed by atoms with E-state index >= 15 is 0 Å². The van der Waals surface area contributed by atoms with Crippen LogP contribution < -0.4 is 19.9 Å². The van der Waals surface area contributed by atoms with E-state index in [9.17, 15) is 0 Å². The molecule has 0 fully saturated rings. The summed E-state index contributed by atoms with van der Waals surface area (Å²) in [7, 11) is 4.72. The number of nitrogens with two attached hydrogens (primary N) is 1. The highest BCUT2D eigenvalue weighted by Gasteiger charge is 2.16. The first-order chi connectivity index (χ1) is 9.23. The van der Waals surface area contributed by atoms with E-state index in [1.54, 1.807) is 39.5 Å². The molecule has 2 rings (SSSR count). The first-order valence-corrected chi connectivity index (χ1v) is 5.69. The van der Waals surface area contributed by atoms with E-state index in [1.165, 1.54) is 0 Å². The summed E-state index contributed by atoms with van der Waals surface area (Å²) in [4.78, 5) is 0. The Balaban J connectivity index is 2.54. The third-order valence-corrected chi connectivity index (χ3v) is 2.74. The highest BCUT2D eigenvalue weighted by Crippen LogP contribution is 2.39. The van der Waals surface area contributed by atoms with Gasteiger partial charge in [-0.15, -0.1) is 0 Å². The molecule has 0 atom stereocenters. The van der Waals surface area contributed by atoms with Crippen molar-refractivity contribution >= 4 is 0 Å². The lowest BCUT2D eigenvalue weighted by atomic mass is 10.1. The summed E-state index contributed by atoms with van der Waals surface area (Å²) in [6.07, 6.45) is 0. The quantitative estimate of drug-likeness (QED) is 0.887. The second kappa shape index (κ2) is 5.62. The Morgan fingerprint density at radius 3 is 2.16 bits per heavy atom. The van der Waals surface area contributed by atoms with Gasteiger partial charge in [0.2, 0.25) is 0 Å². The molecule has 0 unspecified atom stereocenters. The maximum Gasteiger partial charge on any atom is 0.164 e. The van der Waals surface area contributed by atoms with Crippen LogP contribution in [0, 0.1) is 0 Å². The first kappa shape index (κ1) is 13.2. The molecule has 2 N–H and O–H groups in total. The minimum Gasteiger partial charge on any atom is -0.496 e. The maximum atomic E-state index is 5.50. The van der Waals surface area contributed by atoms with Crippen molar-refractivity contribution in [2.45, 2.75) is 6.54 Å². The van der Waals surface area contributed by atoms with Crippen LogP contribution in [0.4, 0.5) is 0 Å². The number of benzene rings is 1. The van der Waals surface area contributed by atoms with Crippen molar-refractivity contribution in [1.29, 1.82) is 0 Å². The van der Waals surface area contributed by atoms with Crippen molar-refractivity contribution in [2.24, 2.45) is 5.73 Å². The van der Waals surface area contributed by atoms with Crippen molar-refractivity contribution in [1.82, 2.24) is 5.16 Å². The molecule has 0 radical (unpaired) electrons. The van der Waals surface area contributed by atoms with Crippen LogP contribution in [0.3, 0.4) is 0 Å². The van der Waals surface area contributed by atoms with Gasteiger partial charge in [-0.3, -0.25) is 0 Å². The van der Waals surface area contributed by atoms with Crippen LogP contribution in [0.5, 0.6) is 17.2 Å². The monoisotopic (exact) mass is 264 g/mol. The predicted molar refractivity (Wildman–Crippen MR) is 69.5 cm³/mol. The molecule has 2 aromatic rings. The van der Waals surface area contributed by atoms with Crippen molar-refractivity contribution in [3.05, 3.63) is 24.0 Å². The van der Waals surface area contributed by atoms with Gasteiger partial charge in [0, 0.05) is 17.7 Å². The highest BCUT2D eigenvalue weighted by molar-refractivity contribution is 5.71. The van der Waals surface area contributed by atoms with Crippen LogP contribution in [0.2, 0.25) is 0 Å². The van der Waals surface area contributed by atoms with Crippen LogP contribution in [0.25, 0.3) is 11.3 Å². The van der Waals surface area contributed by atoms with E-state index < -0.39 is 0 Å². The van der Waals surface area contributed by atoms with Gasteiger partial charge in [0.1, 0.15) is 11.4 Å². The molecule has 0 amide bonds. The Bertz CT molecular complexity index is 566. The molecule has 0 bridgehead atoms. The summed E-state index contributed by atoms with van der Waals surface area (Å²) >= 11 is 0. The van der Waals surface area contributed by atoms with Gasteiger partial charge in [-0.1, -0.05) is 5.16 Å². The third-order valence-electron chi connectivity index (χ3n) is 2.74. The highest BCUT2D eigenvalue weighted by atomic mass is 16.5. The van der Waals surface area contributed by atoms with Gasteiger partial charge in [-0.05, 0) is 6.07 Å². The van der Waals surface area contributed by atoms with Crippen molar-refractivity contribution in [3.63, 3.8) is 0 Å². The number of rotatable bonds is 5. The van der Waals surface area contributed by atoms with E-state index in [0.717, 1.165) is 5.56 Å². The Morgan fingerprint density at radius 1 is 1.00 bits per heavy atom. The second-order valence-corrected chi connectivity index (χ2v) is 3.79. The summed E-state index contributed by atoms with van der Waals surface area (Å²) < 4.78 is 20.9. The zero-order chi connectivity index (χ0) is 13.8. The van der Waals surface area contributed by atoms with Crippen molar-refractivity contribution < 1.29 is 18.7 Å². The number of nitrogens with zero attached hydrogens (tertiary/aromatic N) is 1. The lowest BCUT2D eigenvalue weighted by molar-refractivity contribution is 0.349. The van der Waals surface area contributed by atoms with E-state index in [2.05, 4.69) is 5.16 Å². The molecule has 6 nitrogen and oxygen atoms in total. The zero-order valence-corrected chi connectivity index (χ0v) is 11.1. The fourth-order valence-electron chi connectivity index (χ4n) is 1.77. The van der Waals surface area contributed by atoms with Gasteiger partial charge >= 0.3 is 0 Å². The van der Waals surface area contributed by atoms with Gasteiger partial charge in [0.15, 0.2) is 17.3 Å². The van der Waals surface area contributed by atoms with E-state index in [0.29, 0.717) is 35.2 Å². The fraction of sp³-hybridized carbons (Fsp3) is 0.308. The van der Waals surface area contributed by atoms with Crippen LogP contribution in [-0.2, 0) is 6.54 Å². The summed E-state index contributed by atoms with van der Waals surface area (Å²) in [5, 5.41) is 3.97. The minimum absolute atomic E-state index is 0.294. The van der Waals surface area contributed by atoms with Gasteiger partial charge in [-0.2, -0.15) is 0 Å². The maximum absolute atomic E-state index is 5.50. The first-order valence-electron chi connectivity index (χ1n) is 5.69. The number of hydrogen-bond donors (Lipinski definition) is 1. The van der Waals surface area contributed by atoms with Crippen molar-refractivity contribution in [3.8, 4) is 28.5 Å². The molecule has 1 aromatic heterocycles. The zero-order valence-electron chi connectivity index (χ0n) is 11.1. The van der Waals surface area contributed by atoms with Crippen molar-refractivity contribution in [2.75, 3.05) is 21.3 Å². The standard InChI is InChI=1S/C13H16N2O4/c1-16-11-6-13(18-3)12(17-2)5-9(11)10-4-8(7-14)19-15-10/h4-6H,7,14H2,1-3H3. The summed E-state index contributed by atoms with van der Waals surface area (Å²) in [5.41, 5.74) is 6.89. The normalized spacial score (nSPS) is 10.3. The fourth-order valence-corrected chi connectivity index (χ4v) is 1.77. The number of hydrogen-bond acceptors (Lipinski definition) is 6. The van der Waals surface area contributed by atoms with Gasteiger partial charge < -0.3 is 24.5 Å². The molecule has 0 saturated carbocycles. The molecule has 6 heteroatoms. The molecule has 1 heterocycles. The lowest BCUT2D eigenvalue weighted by Crippen LogP contribution is -1.95. The van der Waals surface area contributed by atoms with Crippen LogP contribution >= 0.6 is 0 Å². The Hall–Kier alpha value is -2.21. The number of ether oxygens (including phenoxy) is 3. The van der Waals surface area contributed by atoms with Crippen LogP contribution in [0.1, 0.15) is 5.76 Å². The molecule has 19 heavy (non-hydrogen) atoms. The topological polar surface area (TPSA) is 79.7 Å². The average molecular weight is 264 g/mol. The molecule has 1 aromatic carbocycles. The van der Waals surface area contributed by atoms with E-state index in [-0.39, 0.29) is 0 Å².